The van der Waals surface area contributed by atoms with Crippen LogP contribution in [0.5, 0.6) is 0 Å². The average Bonchev–Trinajstić information content (AvgIpc) is 2.85. The van der Waals surface area contributed by atoms with E-state index in [1.807, 2.05) is 6.07 Å². The number of piperidine rings is 1. The van der Waals surface area contributed by atoms with Gasteiger partial charge in [-0.05, 0) is 74.6 Å². The van der Waals surface area contributed by atoms with E-state index in [2.05, 4.69) is 22.8 Å². The van der Waals surface area contributed by atoms with Crippen molar-refractivity contribution in [1.29, 1.82) is 0 Å². The van der Waals surface area contributed by atoms with Crippen LogP contribution in [0, 0.1) is 0 Å². The highest BCUT2D eigenvalue weighted by molar-refractivity contribution is 5.94. The summed E-state index contributed by atoms with van der Waals surface area (Å²) < 4.78 is 0. The lowest BCUT2D eigenvalue weighted by Crippen LogP contribution is -2.48. The van der Waals surface area contributed by atoms with Gasteiger partial charge >= 0.3 is 0 Å². The number of nitrogens with one attached hydrogen (secondary N) is 2. The van der Waals surface area contributed by atoms with E-state index in [0.29, 0.717) is 18.1 Å². The highest BCUT2D eigenvalue weighted by Gasteiger charge is 2.34. The van der Waals surface area contributed by atoms with Crippen molar-refractivity contribution in [1.82, 2.24) is 10.6 Å². The topological polar surface area (TPSA) is 41.1 Å². The lowest BCUT2D eigenvalue weighted by Gasteiger charge is -2.29. The third kappa shape index (κ3) is 2.71. The first-order valence-corrected chi connectivity index (χ1v) is 8.46. The summed E-state index contributed by atoms with van der Waals surface area (Å²) in [4.78, 5) is 12.5. The molecule has 0 aromatic heterocycles. The lowest BCUT2D eigenvalue weighted by atomic mass is 9.90. The van der Waals surface area contributed by atoms with E-state index in [4.69, 9.17) is 0 Å². The standard InChI is InChI=1S/C18H24N2O/c21-18(20-17-10-15-7-8-16(11-17)19-15)14-6-5-12-3-1-2-4-13(12)9-14/h5-6,9,15-17,19H,1-4,7-8,10-11H2,(H,20,21). The molecule has 1 aromatic carbocycles. The number of carbonyl (C=O) groups excluding carboxylic acids is 1. The lowest BCUT2D eigenvalue weighted by molar-refractivity contribution is 0.0924. The number of hydrogen-bond donors (Lipinski definition) is 2. The van der Waals surface area contributed by atoms with Crippen LogP contribution in [-0.2, 0) is 12.8 Å². The Morgan fingerprint density at radius 3 is 2.52 bits per heavy atom. The molecular formula is C18H24N2O. The second-order valence-corrected chi connectivity index (χ2v) is 6.97. The molecule has 1 amide bonds. The minimum Gasteiger partial charge on any atom is -0.349 e. The smallest absolute Gasteiger partial charge is 0.251 e. The van der Waals surface area contributed by atoms with Gasteiger partial charge in [0, 0.05) is 23.7 Å². The maximum Gasteiger partial charge on any atom is 0.251 e. The summed E-state index contributed by atoms with van der Waals surface area (Å²) in [6.07, 6.45) is 9.58. The Hall–Kier alpha value is -1.35. The fourth-order valence-corrected chi connectivity index (χ4v) is 4.32. The van der Waals surface area contributed by atoms with Crippen LogP contribution in [0.25, 0.3) is 0 Å². The van der Waals surface area contributed by atoms with Gasteiger partial charge in [-0.1, -0.05) is 6.07 Å². The summed E-state index contributed by atoms with van der Waals surface area (Å²) in [6.45, 7) is 0. The third-order valence-electron chi connectivity index (χ3n) is 5.42. The van der Waals surface area contributed by atoms with Crippen molar-refractivity contribution in [2.75, 3.05) is 0 Å². The van der Waals surface area contributed by atoms with Crippen molar-refractivity contribution in [3.05, 3.63) is 34.9 Å². The van der Waals surface area contributed by atoms with E-state index in [1.165, 1.54) is 43.2 Å². The van der Waals surface area contributed by atoms with Crippen LogP contribution >= 0.6 is 0 Å². The predicted molar refractivity (Wildman–Crippen MR) is 83.5 cm³/mol. The zero-order valence-electron chi connectivity index (χ0n) is 12.5. The van der Waals surface area contributed by atoms with E-state index >= 15 is 0 Å². The molecular weight excluding hydrogens is 260 g/mol. The van der Waals surface area contributed by atoms with Gasteiger partial charge in [-0.15, -0.1) is 0 Å². The Kier molecular flexibility index (Phi) is 3.46. The zero-order valence-corrected chi connectivity index (χ0v) is 12.5. The van der Waals surface area contributed by atoms with Crippen LogP contribution in [0.3, 0.4) is 0 Å². The first-order valence-electron chi connectivity index (χ1n) is 8.46. The molecule has 2 bridgehead atoms. The molecule has 2 fully saturated rings. The number of carbonyl (C=O) groups is 1. The van der Waals surface area contributed by atoms with Crippen LogP contribution in [0.2, 0.25) is 0 Å². The van der Waals surface area contributed by atoms with Crippen molar-refractivity contribution in [3.63, 3.8) is 0 Å². The fraction of sp³-hybridized carbons (Fsp3) is 0.611. The van der Waals surface area contributed by atoms with Gasteiger partial charge in [-0.25, -0.2) is 0 Å². The number of benzene rings is 1. The van der Waals surface area contributed by atoms with E-state index in [1.54, 1.807) is 0 Å². The first kappa shape index (κ1) is 13.3. The Morgan fingerprint density at radius 2 is 1.76 bits per heavy atom. The molecule has 2 atom stereocenters. The van der Waals surface area contributed by atoms with Crippen LogP contribution in [-0.4, -0.2) is 24.0 Å². The minimum absolute atomic E-state index is 0.120. The predicted octanol–water partition coefficient (Wildman–Crippen LogP) is 2.58. The van der Waals surface area contributed by atoms with Crippen molar-refractivity contribution in [2.24, 2.45) is 0 Å². The van der Waals surface area contributed by atoms with Gasteiger partial charge in [0.15, 0.2) is 0 Å². The van der Waals surface area contributed by atoms with Crippen molar-refractivity contribution in [2.45, 2.75) is 69.5 Å². The molecule has 112 valence electrons. The molecule has 2 unspecified atom stereocenters. The number of aryl methyl sites for hydroxylation is 2. The largest absolute Gasteiger partial charge is 0.349 e. The third-order valence-corrected chi connectivity index (χ3v) is 5.42. The highest BCUT2D eigenvalue weighted by atomic mass is 16.1. The molecule has 1 aromatic rings. The summed E-state index contributed by atoms with van der Waals surface area (Å²) in [5.74, 6) is 0.120. The Morgan fingerprint density at radius 1 is 1.05 bits per heavy atom. The average molecular weight is 284 g/mol. The number of hydrogen-bond acceptors (Lipinski definition) is 2. The maximum atomic E-state index is 12.5. The quantitative estimate of drug-likeness (QED) is 0.876. The summed E-state index contributed by atoms with van der Waals surface area (Å²) in [6, 6.07) is 7.90. The van der Waals surface area contributed by atoms with Gasteiger partial charge in [0.1, 0.15) is 0 Å². The van der Waals surface area contributed by atoms with Gasteiger partial charge in [0.2, 0.25) is 0 Å². The molecule has 3 heteroatoms. The second kappa shape index (κ2) is 5.45. The van der Waals surface area contributed by atoms with Crippen LogP contribution in [0.15, 0.2) is 18.2 Å². The summed E-state index contributed by atoms with van der Waals surface area (Å²) in [7, 11) is 0. The van der Waals surface area contributed by atoms with E-state index < -0.39 is 0 Å². The molecule has 0 radical (unpaired) electrons. The van der Waals surface area contributed by atoms with Gasteiger partial charge in [-0.3, -0.25) is 4.79 Å². The Bertz CT molecular complexity index is 542. The Labute approximate surface area is 126 Å². The molecule has 0 saturated carbocycles. The molecule has 1 aliphatic carbocycles. The molecule has 2 aliphatic heterocycles. The fourth-order valence-electron chi connectivity index (χ4n) is 4.32. The minimum atomic E-state index is 0.120. The number of fused-ring (bicyclic) bond motifs is 3. The number of amides is 1. The molecule has 2 saturated heterocycles. The van der Waals surface area contributed by atoms with E-state index in [0.717, 1.165) is 24.8 Å². The summed E-state index contributed by atoms with van der Waals surface area (Å²) in [5.41, 5.74) is 3.68. The molecule has 3 nitrogen and oxygen atoms in total. The van der Waals surface area contributed by atoms with Crippen molar-refractivity contribution >= 4 is 5.91 Å². The summed E-state index contributed by atoms with van der Waals surface area (Å²) in [5, 5.41) is 6.89. The second-order valence-electron chi connectivity index (χ2n) is 6.97. The van der Waals surface area contributed by atoms with Gasteiger partial charge in [-0.2, -0.15) is 0 Å². The summed E-state index contributed by atoms with van der Waals surface area (Å²) >= 11 is 0. The van der Waals surface area contributed by atoms with Gasteiger partial charge in [0.05, 0.1) is 0 Å². The molecule has 21 heavy (non-hydrogen) atoms. The van der Waals surface area contributed by atoms with Crippen molar-refractivity contribution < 1.29 is 4.79 Å². The number of rotatable bonds is 2. The van der Waals surface area contributed by atoms with Crippen LogP contribution < -0.4 is 10.6 Å². The van der Waals surface area contributed by atoms with Crippen LogP contribution in [0.1, 0.15) is 60.0 Å². The molecule has 3 aliphatic rings. The monoisotopic (exact) mass is 284 g/mol. The Balaban J connectivity index is 1.45. The molecule has 2 heterocycles. The van der Waals surface area contributed by atoms with Gasteiger partial charge in [0.25, 0.3) is 5.91 Å². The van der Waals surface area contributed by atoms with E-state index in [9.17, 15) is 4.79 Å². The maximum absolute atomic E-state index is 12.5. The van der Waals surface area contributed by atoms with E-state index in [-0.39, 0.29) is 5.91 Å². The first-order chi connectivity index (χ1) is 10.3. The highest BCUT2D eigenvalue weighted by Crippen LogP contribution is 2.27. The molecule has 4 rings (SSSR count). The van der Waals surface area contributed by atoms with Crippen molar-refractivity contribution in [3.8, 4) is 0 Å². The zero-order chi connectivity index (χ0) is 14.2. The molecule has 2 N–H and O–H groups in total. The van der Waals surface area contributed by atoms with Gasteiger partial charge < -0.3 is 10.6 Å². The van der Waals surface area contributed by atoms with Crippen LogP contribution in [0.4, 0.5) is 0 Å². The molecule has 0 spiro atoms. The SMILES string of the molecule is O=C(NC1CC2CCC(C1)N2)c1ccc2c(c1)CCCC2. The normalized spacial score (nSPS) is 30.8.